The molecule has 76 valence electrons. The van der Waals surface area contributed by atoms with Crippen molar-refractivity contribution in [3.8, 4) is 0 Å². The lowest BCUT2D eigenvalue weighted by Crippen LogP contribution is -1.78. The minimum Gasteiger partial charge on any atom is -0.130 e. The smallest absolute Gasteiger partial charge is 0.0108 e. The van der Waals surface area contributed by atoms with Gasteiger partial charge in [-0.2, -0.15) is 0 Å². The molecular formula is C11H25Cl. The van der Waals surface area contributed by atoms with Crippen molar-refractivity contribution in [1.29, 1.82) is 0 Å². The van der Waals surface area contributed by atoms with Gasteiger partial charge in [0.15, 0.2) is 0 Å². The third kappa shape index (κ3) is 16.5. The summed E-state index contributed by atoms with van der Waals surface area (Å²) < 4.78 is 0. The predicted octanol–water partition coefficient (Wildman–Crippen LogP) is 4.88. The molecule has 0 aliphatic heterocycles. The zero-order valence-electron chi connectivity index (χ0n) is 9.20. The molecule has 1 saturated carbocycles. The largest absolute Gasteiger partial charge is 0.130 e. The number of halogens is 1. The van der Waals surface area contributed by atoms with E-state index in [1.54, 1.807) is 0 Å². The normalized spacial score (nSPS) is 14.1. The molecule has 0 aromatic heterocycles. The molecule has 12 heavy (non-hydrogen) atoms. The summed E-state index contributed by atoms with van der Waals surface area (Å²) in [6, 6.07) is 0. The Morgan fingerprint density at radius 3 is 1.33 bits per heavy atom. The minimum absolute atomic E-state index is 1.05. The van der Waals surface area contributed by atoms with Gasteiger partial charge in [-0.25, -0.2) is 0 Å². The maximum absolute atomic E-state index is 4.64. The van der Waals surface area contributed by atoms with Gasteiger partial charge in [0.1, 0.15) is 0 Å². The van der Waals surface area contributed by atoms with E-state index >= 15 is 0 Å². The van der Waals surface area contributed by atoms with Crippen LogP contribution in [0.3, 0.4) is 0 Å². The van der Waals surface area contributed by atoms with Crippen LogP contribution in [0.1, 0.15) is 46.5 Å². The Bertz CT molecular complexity index is 47.0. The second-order valence-corrected chi connectivity index (χ2v) is 2.39. The molecule has 0 bridgehead atoms. The summed E-state index contributed by atoms with van der Waals surface area (Å²) in [5, 5.41) is 0. The maximum Gasteiger partial charge on any atom is 0.0108 e. The highest BCUT2D eigenvalue weighted by molar-refractivity contribution is 6.15. The highest BCUT2D eigenvalue weighted by atomic mass is 35.5. The molecule has 1 heteroatoms. The molecule has 0 heterocycles. The first-order valence-electron chi connectivity index (χ1n) is 4.77. The molecule has 0 unspecified atom stereocenters. The van der Waals surface area contributed by atoms with Gasteiger partial charge < -0.3 is 0 Å². The Balaban J connectivity index is -0.000000117. The van der Waals surface area contributed by atoms with Crippen LogP contribution in [-0.4, -0.2) is 6.38 Å². The van der Waals surface area contributed by atoms with E-state index in [1.807, 2.05) is 13.8 Å². The second kappa shape index (κ2) is 22.5. The van der Waals surface area contributed by atoms with E-state index in [0.29, 0.717) is 0 Å². The molecule has 0 radical (unpaired) electrons. The van der Waals surface area contributed by atoms with E-state index in [4.69, 9.17) is 0 Å². The molecule has 0 aromatic carbocycles. The summed E-state index contributed by atoms with van der Waals surface area (Å²) in [6.45, 7) is 12.3. The molecule has 1 rings (SSSR count). The van der Waals surface area contributed by atoms with Crippen molar-refractivity contribution in [2.24, 2.45) is 5.92 Å². The molecule has 0 saturated heterocycles. The summed E-state index contributed by atoms with van der Waals surface area (Å²) >= 11 is 4.64. The SMILES string of the molecule is C=C.CC.CC1CCCC1.CCl. The monoisotopic (exact) mass is 192 g/mol. The highest BCUT2D eigenvalue weighted by Gasteiger charge is 2.07. The van der Waals surface area contributed by atoms with E-state index in [-0.39, 0.29) is 0 Å². The van der Waals surface area contributed by atoms with Gasteiger partial charge in [0.25, 0.3) is 0 Å². The van der Waals surface area contributed by atoms with Crippen LogP contribution in [0.2, 0.25) is 0 Å². The Morgan fingerprint density at radius 2 is 1.25 bits per heavy atom. The van der Waals surface area contributed by atoms with Crippen molar-refractivity contribution in [3.63, 3.8) is 0 Å². The van der Waals surface area contributed by atoms with Gasteiger partial charge in [0.2, 0.25) is 0 Å². The van der Waals surface area contributed by atoms with Gasteiger partial charge in [0.05, 0.1) is 0 Å². The Kier molecular flexibility index (Phi) is 33.6. The topological polar surface area (TPSA) is 0 Å². The molecule has 1 aliphatic rings. The molecular weight excluding hydrogens is 168 g/mol. The van der Waals surface area contributed by atoms with Crippen molar-refractivity contribution in [1.82, 2.24) is 0 Å². The molecule has 0 amide bonds. The van der Waals surface area contributed by atoms with E-state index in [2.05, 4.69) is 31.7 Å². The van der Waals surface area contributed by atoms with Crippen LogP contribution in [0.5, 0.6) is 0 Å². The highest BCUT2D eigenvalue weighted by Crippen LogP contribution is 2.22. The number of hydrogen-bond acceptors (Lipinski definition) is 0. The van der Waals surface area contributed by atoms with Crippen molar-refractivity contribution >= 4 is 11.6 Å². The van der Waals surface area contributed by atoms with E-state index in [1.165, 1.54) is 32.1 Å². The fourth-order valence-corrected chi connectivity index (χ4v) is 1.13. The summed E-state index contributed by atoms with van der Waals surface area (Å²) in [6.07, 6.45) is 7.42. The predicted molar refractivity (Wildman–Crippen MR) is 62.0 cm³/mol. The Morgan fingerprint density at radius 1 is 1.00 bits per heavy atom. The Hall–Kier alpha value is 0.0300. The lowest BCUT2D eigenvalue weighted by Gasteiger charge is -1.91. The molecule has 0 N–H and O–H groups in total. The van der Waals surface area contributed by atoms with E-state index in [9.17, 15) is 0 Å². The lowest BCUT2D eigenvalue weighted by molar-refractivity contribution is 0.612. The first-order chi connectivity index (χ1) is 5.89. The lowest BCUT2D eigenvalue weighted by atomic mass is 10.2. The standard InChI is InChI=1S/C6H12.C2H6.C2H4.CH3Cl/c1-6-4-2-3-5-6;3*1-2/h6H,2-5H2,1H3;1-2H3;1-2H2;1H3. The van der Waals surface area contributed by atoms with Crippen molar-refractivity contribution in [2.45, 2.75) is 46.5 Å². The first-order valence-corrected chi connectivity index (χ1v) is 5.53. The van der Waals surface area contributed by atoms with Crippen molar-refractivity contribution in [3.05, 3.63) is 13.2 Å². The minimum atomic E-state index is 1.05. The van der Waals surface area contributed by atoms with Gasteiger partial charge in [0, 0.05) is 6.38 Å². The maximum atomic E-state index is 4.64. The third-order valence-corrected chi connectivity index (χ3v) is 1.64. The molecule has 1 fully saturated rings. The van der Waals surface area contributed by atoms with Crippen molar-refractivity contribution < 1.29 is 0 Å². The van der Waals surface area contributed by atoms with Crippen LogP contribution in [0.15, 0.2) is 13.2 Å². The van der Waals surface area contributed by atoms with Gasteiger partial charge in [-0.15, -0.1) is 24.8 Å². The molecule has 0 nitrogen and oxygen atoms in total. The molecule has 0 atom stereocenters. The zero-order valence-corrected chi connectivity index (χ0v) is 9.95. The van der Waals surface area contributed by atoms with Gasteiger partial charge >= 0.3 is 0 Å². The quantitative estimate of drug-likeness (QED) is 0.379. The summed E-state index contributed by atoms with van der Waals surface area (Å²) in [4.78, 5) is 0. The number of rotatable bonds is 0. The van der Waals surface area contributed by atoms with E-state index < -0.39 is 0 Å². The fraction of sp³-hybridized carbons (Fsp3) is 0.818. The fourth-order valence-electron chi connectivity index (χ4n) is 1.13. The van der Waals surface area contributed by atoms with E-state index in [0.717, 1.165) is 5.92 Å². The van der Waals surface area contributed by atoms with Gasteiger partial charge in [-0.05, 0) is 5.92 Å². The van der Waals surface area contributed by atoms with Crippen LogP contribution in [0, 0.1) is 5.92 Å². The molecule has 1 aliphatic carbocycles. The zero-order chi connectivity index (χ0) is 10.4. The van der Waals surface area contributed by atoms with Crippen LogP contribution < -0.4 is 0 Å². The van der Waals surface area contributed by atoms with Crippen LogP contribution >= 0.6 is 11.6 Å². The number of alkyl halides is 1. The van der Waals surface area contributed by atoms with Gasteiger partial charge in [-0.1, -0.05) is 46.5 Å². The molecule has 0 aromatic rings. The first kappa shape index (κ1) is 17.9. The summed E-state index contributed by atoms with van der Waals surface area (Å²) in [5.41, 5.74) is 0. The van der Waals surface area contributed by atoms with Crippen LogP contribution in [0.25, 0.3) is 0 Å². The van der Waals surface area contributed by atoms with Crippen LogP contribution in [-0.2, 0) is 0 Å². The summed E-state index contributed by atoms with van der Waals surface area (Å²) in [5.74, 6) is 1.05. The average molecular weight is 193 g/mol. The number of hydrogen-bond donors (Lipinski definition) is 0. The molecule has 0 spiro atoms. The van der Waals surface area contributed by atoms with Gasteiger partial charge in [-0.3, -0.25) is 0 Å². The second-order valence-electron chi connectivity index (χ2n) is 2.39. The third-order valence-electron chi connectivity index (χ3n) is 1.64. The Labute approximate surface area is 84.0 Å². The van der Waals surface area contributed by atoms with Crippen LogP contribution in [0.4, 0.5) is 0 Å². The summed E-state index contributed by atoms with van der Waals surface area (Å²) in [7, 11) is 0. The van der Waals surface area contributed by atoms with Crippen molar-refractivity contribution in [2.75, 3.05) is 6.38 Å². The average Bonchev–Trinajstić information content (AvgIpc) is 2.66.